The Kier molecular flexibility index (Phi) is 6.35. The van der Waals surface area contributed by atoms with Gasteiger partial charge in [0, 0.05) is 31.7 Å². The summed E-state index contributed by atoms with van der Waals surface area (Å²) in [7, 11) is 0. The van der Waals surface area contributed by atoms with Gasteiger partial charge in [0.15, 0.2) is 5.82 Å². The SMILES string of the molecule is O=C(O)N1CCO[C@@H](c2ccc(Cl)c(Cl)c2)[C@H](Cn2cccc(-c3noc(=O)[nH]3)c2=O)C1. The normalized spacial score (nSPS) is 19.0. The molecule has 1 saturated heterocycles. The van der Waals surface area contributed by atoms with Crippen LogP contribution in [0.2, 0.25) is 10.0 Å². The summed E-state index contributed by atoms with van der Waals surface area (Å²) in [6.07, 6.45) is -0.0301. The molecule has 1 aliphatic heterocycles. The van der Waals surface area contributed by atoms with Crippen LogP contribution in [-0.2, 0) is 11.3 Å². The number of carboxylic acid groups (broad SMARTS) is 1. The number of nitrogens with one attached hydrogen (secondary N) is 1. The molecule has 168 valence electrons. The van der Waals surface area contributed by atoms with E-state index in [0.717, 1.165) is 5.56 Å². The monoisotopic (exact) mass is 480 g/mol. The van der Waals surface area contributed by atoms with Crippen molar-refractivity contribution in [3.8, 4) is 11.4 Å². The summed E-state index contributed by atoms with van der Waals surface area (Å²) >= 11 is 12.2. The molecule has 0 bridgehead atoms. The van der Waals surface area contributed by atoms with Crippen LogP contribution in [0, 0.1) is 5.92 Å². The number of H-pyrrole nitrogens is 1. The van der Waals surface area contributed by atoms with E-state index in [4.69, 9.17) is 27.9 Å². The minimum atomic E-state index is -1.07. The maximum absolute atomic E-state index is 13.0. The lowest BCUT2D eigenvalue weighted by Crippen LogP contribution is -2.37. The summed E-state index contributed by atoms with van der Waals surface area (Å²) in [4.78, 5) is 39.6. The Hall–Kier alpha value is -3.08. The first-order chi connectivity index (χ1) is 15.3. The highest BCUT2D eigenvalue weighted by Crippen LogP contribution is 2.34. The smallest absolute Gasteiger partial charge is 0.439 e. The number of ether oxygens (including phenoxy) is 1. The van der Waals surface area contributed by atoms with Gasteiger partial charge in [0.2, 0.25) is 0 Å². The fraction of sp³-hybridized carbons (Fsp3) is 0.300. The molecule has 2 atom stereocenters. The highest BCUT2D eigenvalue weighted by Gasteiger charge is 2.32. The van der Waals surface area contributed by atoms with Gasteiger partial charge in [-0.1, -0.05) is 34.4 Å². The van der Waals surface area contributed by atoms with Crippen LogP contribution >= 0.6 is 23.2 Å². The summed E-state index contributed by atoms with van der Waals surface area (Å²) in [5.74, 6) is -1.18. The molecule has 3 heterocycles. The predicted octanol–water partition coefficient (Wildman–Crippen LogP) is 2.87. The average molecular weight is 481 g/mol. The number of amides is 1. The molecule has 3 aromatic rings. The second-order valence-corrected chi connectivity index (χ2v) is 8.09. The molecular weight excluding hydrogens is 463 g/mol. The molecule has 0 aliphatic carbocycles. The molecular formula is C20H18Cl2N4O6. The Balaban J connectivity index is 1.71. The quantitative estimate of drug-likeness (QED) is 0.586. The van der Waals surface area contributed by atoms with E-state index in [-0.39, 0.29) is 37.6 Å². The van der Waals surface area contributed by atoms with Crippen LogP contribution in [0.3, 0.4) is 0 Å². The fourth-order valence-corrected chi connectivity index (χ4v) is 4.05. The van der Waals surface area contributed by atoms with E-state index in [0.29, 0.717) is 10.0 Å². The van der Waals surface area contributed by atoms with Crippen LogP contribution in [0.4, 0.5) is 4.79 Å². The van der Waals surface area contributed by atoms with Crippen molar-refractivity contribution in [2.75, 3.05) is 19.7 Å². The highest BCUT2D eigenvalue weighted by atomic mass is 35.5. The minimum Gasteiger partial charge on any atom is -0.465 e. The Labute approximate surface area is 190 Å². The molecule has 0 radical (unpaired) electrons. The van der Waals surface area contributed by atoms with Gasteiger partial charge in [-0.25, -0.2) is 9.59 Å². The minimum absolute atomic E-state index is 0.0136. The molecule has 0 spiro atoms. The van der Waals surface area contributed by atoms with Crippen LogP contribution in [0.25, 0.3) is 11.4 Å². The van der Waals surface area contributed by atoms with E-state index in [9.17, 15) is 19.5 Å². The fourth-order valence-electron chi connectivity index (χ4n) is 3.74. The number of aromatic nitrogens is 3. The van der Waals surface area contributed by atoms with Gasteiger partial charge in [0.05, 0.1) is 28.3 Å². The first-order valence-corrected chi connectivity index (χ1v) is 10.4. The molecule has 2 aromatic heterocycles. The number of aromatic amines is 1. The molecule has 1 fully saturated rings. The molecule has 0 unspecified atom stereocenters. The van der Waals surface area contributed by atoms with Crippen molar-refractivity contribution < 1.29 is 19.2 Å². The molecule has 10 nitrogen and oxygen atoms in total. The number of nitrogens with zero attached hydrogens (tertiary/aromatic N) is 3. The number of rotatable bonds is 4. The van der Waals surface area contributed by atoms with Crippen molar-refractivity contribution in [2.24, 2.45) is 5.92 Å². The van der Waals surface area contributed by atoms with Crippen LogP contribution < -0.4 is 11.3 Å². The summed E-state index contributed by atoms with van der Waals surface area (Å²) in [6.45, 7) is 0.656. The Bertz CT molecular complexity index is 1250. The van der Waals surface area contributed by atoms with Gasteiger partial charge in [0.1, 0.15) is 0 Å². The molecule has 1 aliphatic rings. The Morgan fingerprint density at radius 2 is 2.06 bits per heavy atom. The van der Waals surface area contributed by atoms with Crippen molar-refractivity contribution >= 4 is 29.3 Å². The largest absolute Gasteiger partial charge is 0.465 e. The third kappa shape index (κ3) is 4.57. The van der Waals surface area contributed by atoms with Gasteiger partial charge in [-0.05, 0) is 29.8 Å². The third-order valence-corrected chi connectivity index (χ3v) is 5.97. The summed E-state index contributed by atoms with van der Waals surface area (Å²) < 4.78 is 11.9. The number of halogens is 2. The number of benzene rings is 1. The van der Waals surface area contributed by atoms with E-state index >= 15 is 0 Å². The average Bonchev–Trinajstić information content (AvgIpc) is 3.07. The molecule has 1 amide bonds. The van der Waals surface area contributed by atoms with Gasteiger partial charge in [-0.3, -0.25) is 14.3 Å². The molecule has 12 heteroatoms. The first kappa shape index (κ1) is 22.1. The van der Waals surface area contributed by atoms with Crippen LogP contribution in [-0.4, -0.2) is 50.5 Å². The number of carbonyl (C=O) groups is 1. The lowest BCUT2D eigenvalue weighted by atomic mass is 9.94. The maximum Gasteiger partial charge on any atom is 0.439 e. The maximum atomic E-state index is 13.0. The Morgan fingerprint density at radius 1 is 1.25 bits per heavy atom. The lowest BCUT2D eigenvalue weighted by Gasteiger charge is -2.28. The Morgan fingerprint density at radius 3 is 2.75 bits per heavy atom. The zero-order valence-corrected chi connectivity index (χ0v) is 18.0. The van der Waals surface area contributed by atoms with E-state index in [1.54, 1.807) is 30.5 Å². The molecule has 0 saturated carbocycles. The van der Waals surface area contributed by atoms with Crippen molar-refractivity contribution in [2.45, 2.75) is 12.6 Å². The van der Waals surface area contributed by atoms with E-state index < -0.39 is 29.4 Å². The van der Waals surface area contributed by atoms with Gasteiger partial charge in [-0.15, -0.1) is 0 Å². The van der Waals surface area contributed by atoms with Crippen LogP contribution in [0.15, 0.2) is 50.6 Å². The van der Waals surface area contributed by atoms with Crippen molar-refractivity contribution in [1.82, 2.24) is 19.6 Å². The zero-order chi connectivity index (χ0) is 22.8. The molecule has 2 N–H and O–H groups in total. The second kappa shape index (κ2) is 9.19. The summed E-state index contributed by atoms with van der Waals surface area (Å²) in [5, 5.41) is 13.9. The van der Waals surface area contributed by atoms with Crippen molar-refractivity contribution in [3.63, 3.8) is 0 Å². The predicted molar refractivity (Wildman–Crippen MR) is 115 cm³/mol. The van der Waals surface area contributed by atoms with Gasteiger partial charge in [0.25, 0.3) is 5.56 Å². The van der Waals surface area contributed by atoms with Crippen molar-refractivity contribution in [1.29, 1.82) is 0 Å². The van der Waals surface area contributed by atoms with E-state index in [1.807, 2.05) is 0 Å². The van der Waals surface area contributed by atoms with E-state index in [1.165, 1.54) is 15.5 Å². The summed E-state index contributed by atoms with van der Waals surface area (Å²) in [5.41, 5.74) is 0.451. The van der Waals surface area contributed by atoms with Crippen LogP contribution in [0.1, 0.15) is 11.7 Å². The first-order valence-electron chi connectivity index (χ1n) is 9.63. The van der Waals surface area contributed by atoms with Gasteiger partial charge >= 0.3 is 11.8 Å². The van der Waals surface area contributed by atoms with Crippen LogP contribution in [0.5, 0.6) is 0 Å². The number of hydrogen-bond donors (Lipinski definition) is 2. The van der Waals surface area contributed by atoms with Gasteiger partial charge in [-0.2, -0.15) is 0 Å². The molecule has 1 aromatic carbocycles. The molecule has 4 rings (SSSR count). The topological polar surface area (TPSA) is 131 Å². The zero-order valence-electron chi connectivity index (χ0n) is 16.5. The second-order valence-electron chi connectivity index (χ2n) is 7.28. The summed E-state index contributed by atoms with van der Waals surface area (Å²) in [6, 6.07) is 8.23. The standard InChI is InChI=1S/C20H18Cl2N4O6/c21-14-4-3-11(8-15(14)22)16-12(10-26(20(29)30)6-7-31-16)9-25-5-1-2-13(18(25)27)17-23-19(28)32-24-17/h1-5,8,12,16H,6-7,9-10H2,(H,29,30)(H,23,24,28)/t12-,16+/m1/s1. The highest BCUT2D eigenvalue weighted by molar-refractivity contribution is 6.42. The third-order valence-electron chi connectivity index (χ3n) is 5.23. The molecule has 32 heavy (non-hydrogen) atoms. The van der Waals surface area contributed by atoms with Crippen molar-refractivity contribution in [3.05, 3.63) is 73.0 Å². The lowest BCUT2D eigenvalue weighted by molar-refractivity contribution is 0.0251. The van der Waals surface area contributed by atoms with Gasteiger partial charge < -0.3 is 19.3 Å². The number of pyridine rings is 1. The van der Waals surface area contributed by atoms with E-state index in [2.05, 4.69) is 14.7 Å². The number of hydrogen-bond acceptors (Lipinski definition) is 6.